The minimum Gasteiger partial charge on any atom is -0.392 e. The lowest BCUT2D eigenvalue weighted by Gasteiger charge is -2.15. The lowest BCUT2D eigenvalue weighted by molar-refractivity contribution is -0.174. The normalized spacial score (nSPS) is 12.7. The fraction of sp³-hybridized carbons (Fsp3) is 0.333. The molecule has 1 aromatic carbocycles. The summed E-state index contributed by atoms with van der Waals surface area (Å²) in [6, 6.07) is 4.74. The van der Waals surface area contributed by atoms with E-state index in [2.05, 4.69) is 5.32 Å². The second kappa shape index (κ2) is 6.38. The van der Waals surface area contributed by atoms with E-state index in [0.717, 1.165) is 6.92 Å². The van der Waals surface area contributed by atoms with Gasteiger partial charge in [-0.25, -0.2) is 0 Å². The third-order valence-electron chi connectivity index (χ3n) is 2.40. The van der Waals surface area contributed by atoms with Crippen LogP contribution >= 0.6 is 0 Å². The molecule has 0 spiro atoms. The molecule has 0 unspecified atom stereocenters. The number of carbonyl (C=O) groups is 2. The van der Waals surface area contributed by atoms with Crippen molar-refractivity contribution in [1.29, 1.82) is 0 Å². The first-order valence-corrected chi connectivity index (χ1v) is 5.62. The number of carbonyl (C=O) groups excluding carboxylic acids is 2. The van der Waals surface area contributed by atoms with E-state index in [1.54, 1.807) is 17.4 Å². The summed E-state index contributed by atoms with van der Waals surface area (Å²) in [5.74, 6) is -2.95. The second-order valence-electron chi connectivity index (χ2n) is 4.04. The van der Waals surface area contributed by atoms with E-state index in [1.807, 2.05) is 0 Å². The van der Waals surface area contributed by atoms with Crippen LogP contribution in [0.15, 0.2) is 24.3 Å². The molecule has 5 nitrogen and oxygen atoms in total. The van der Waals surface area contributed by atoms with Crippen molar-refractivity contribution in [1.82, 2.24) is 5.32 Å². The highest BCUT2D eigenvalue weighted by atomic mass is 19.4. The monoisotopic (exact) mass is 290 g/mol. The third kappa shape index (κ3) is 4.54. The molecule has 0 saturated carbocycles. The van der Waals surface area contributed by atoms with Crippen LogP contribution in [0, 0.1) is 0 Å². The predicted molar refractivity (Wildman–Crippen MR) is 64.7 cm³/mol. The molecule has 0 radical (unpaired) electrons. The summed E-state index contributed by atoms with van der Waals surface area (Å²) >= 11 is 0. The maximum absolute atomic E-state index is 12.0. The molecule has 1 atom stereocenters. The Morgan fingerprint density at radius 3 is 2.25 bits per heavy atom. The van der Waals surface area contributed by atoms with Gasteiger partial charge >= 0.3 is 12.1 Å². The summed E-state index contributed by atoms with van der Waals surface area (Å²) in [6.45, 7) is 0.979. The SMILES string of the molecule is C[C@H](NC(=O)C(F)(F)F)C(=O)Nc1ccc(CO)cc1. The Labute approximate surface area is 112 Å². The van der Waals surface area contributed by atoms with Crippen molar-refractivity contribution in [2.75, 3.05) is 5.32 Å². The molecule has 2 amide bonds. The van der Waals surface area contributed by atoms with Crippen LogP contribution in [0.4, 0.5) is 18.9 Å². The molecule has 0 heterocycles. The number of anilines is 1. The lowest BCUT2D eigenvalue weighted by atomic mass is 10.2. The van der Waals surface area contributed by atoms with Crippen molar-refractivity contribution >= 4 is 17.5 Å². The van der Waals surface area contributed by atoms with Crippen molar-refractivity contribution in [2.24, 2.45) is 0 Å². The van der Waals surface area contributed by atoms with Crippen molar-refractivity contribution in [3.63, 3.8) is 0 Å². The first-order valence-electron chi connectivity index (χ1n) is 5.62. The topological polar surface area (TPSA) is 78.4 Å². The van der Waals surface area contributed by atoms with Crippen LogP contribution in [0.3, 0.4) is 0 Å². The molecule has 110 valence electrons. The Bertz CT molecular complexity index is 486. The van der Waals surface area contributed by atoms with Gasteiger partial charge in [0.15, 0.2) is 0 Å². The molecule has 0 aliphatic heterocycles. The number of hydrogen-bond donors (Lipinski definition) is 3. The molecule has 3 N–H and O–H groups in total. The fourth-order valence-electron chi connectivity index (χ4n) is 1.29. The Balaban J connectivity index is 2.59. The number of hydrogen-bond acceptors (Lipinski definition) is 3. The standard InChI is InChI=1S/C12H13F3N2O3/c1-7(16-11(20)12(13,14)15)10(19)17-9-4-2-8(6-18)3-5-9/h2-5,7,18H,6H2,1H3,(H,16,20)(H,17,19)/t7-/m0/s1. The van der Waals surface area contributed by atoms with Gasteiger partial charge in [-0.05, 0) is 24.6 Å². The number of alkyl halides is 3. The minimum absolute atomic E-state index is 0.160. The maximum atomic E-state index is 12.0. The molecule has 1 aromatic rings. The van der Waals surface area contributed by atoms with Gasteiger partial charge in [-0.3, -0.25) is 9.59 Å². The zero-order valence-electron chi connectivity index (χ0n) is 10.5. The van der Waals surface area contributed by atoms with Gasteiger partial charge in [0.25, 0.3) is 0 Å². The number of aliphatic hydroxyl groups excluding tert-OH is 1. The van der Waals surface area contributed by atoms with E-state index in [-0.39, 0.29) is 6.61 Å². The summed E-state index contributed by atoms with van der Waals surface area (Å²) in [7, 11) is 0. The fourth-order valence-corrected chi connectivity index (χ4v) is 1.29. The molecule has 0 aromatic heterocycles. The Hall–Kier alpha value is -2.09. The number of benzene rings is 1. The van der Waals surface area contributed by atoms with E-state index in [0.29, 0.717) is 11.3 Å². The molecule has 0 bridgehead atoms. The quantitative estimate of drug-likeness (QED) is 0.779. The van der Waals surface area contributed by atoms with E-state index in [4.69, 9.17) is 5.11 Å². The summed E-state index contributed by atoms with van der Waals surface area (Å²) in [4.78, 5) is 22.3. The van der Waals surface area contributed by atoms with Crippen LogP contribution in [0.1, 0.15) is 12.5 Å². The maximum Gasteiger partial charge on any atom is 0.471 e. The van der Waals surface area contributed by atoms with Crippen molar-refractivity contribution < 1.29 is 27.9 Å². The predicted octanol–water partition coefficient (Wildman–Crippen LogP) is 1.18. The molecule has 0 aliphatic carbocycles. The summed E-state index contributed by atoms with van der Waals surface area (Å²) < 4.78 is 36.0. The molecule has 0 aliphatic rings. The summed E-state index contributed by atoms with van der Waals surface area (Å²) in [6.07, 6.45) is -5.03. The van der Waals surface area contributed by atoms with Crippen LogP contribution in [0.25, 0.3) is 0 Å². The van der Waals surface area contributed by atoms with Gasteiger partial charge in [-0.1, -0.05) is 12.1 Å². The van der Waals surface area contributed by atoms with Crippen molar-refractivity contribution in [3.05, 3.63) is 29.8 Å². The first kappa shape index (κ1) is 16.0. The van der Waals surface area contributed by atoms with Gasteiger partial charge in [-0.15, -0.1) is 0 Å². The van der Waals surface area contributed by atoms with Gasteiger partial charge in [0, 0.05) is 5.69 Å². The first-order chi connectivity index (χ1) is 9.24. The highest BCUT2D eigenvalue weighted by Crippen LogP contribution is 2.15. The van der Waals surface area contributed by atoms with E-state index >= 15 is 0 Å². The number of aliphatic hydroxyl groups is 1. The zero-order valence-corrected chi connectivity index (χ0v) is 10.5. The van der Waals surface area contributed by atoms with Gasteiger partial charge in [0.1, 0.15) is 6.04 Å². The molecule has 0 fully saturated rings. The van der Waals surface area contributed by atoms with Crippen molar-refractivity contribution in [3.8, 4) is 0 Å². The highest BCUT2D eigenvalue weighted by molar-refractivity contribution is 5.97. The number of nitrogens with one attached hydrogen (secondary N) is 2. The zero-order chi connectivity index (χ0) is 15.3. The Kier molecular flexibility index (Phi) is 5.09. The number of halogens is 3. The van der Waals surface area contributed by atoms with Crippen LogP contribution < -0.4 is 10.6 Å². The molecule has 1 rings (SSSR count). The van der Waals surface area contributed by atoms with Crippen LogP contribution in [-0.2, 0) is 16.2 Å². The largest absolute Gasteiger partial charge is 0.471 e. The third-order valence-corrected chi connectivity index (χ3v) is 2.40. The minimum atomic E-state index is -5.03. The van der Waals surface area contributed by atoms with Gasteiger partial charge in [0.2, 0.25) is 5.91 Å². The van der Waals surface area contributed by atoms with Crippen LogP contribution in [-0.4, -0.2) is 29.1 Å². The van der Waals surface area contributed by atoms with E-state index in [1.165, 1.54) is 12.1 Å². The van der Waals surface area contributed by atoms with E-state index < -0.39 is 24.0 Å². The average Bonchev–Trinajstić information content (AvgIpc) is 2.38. The highest BCUT2D eigenvalue weighted by Gasteiger charge is 2.39. The Morgan fingerprint density at radius 2 is 1.80 bits per heavy atom. The summed E-state index contributed by atoms with van der Waals surface area (Å²) in [5.41, 5.74) is 0.974. The average molecular weight is 290 g/mol. The second-order valence-corrected chi connectivity index (χ2v) is 4.04. The lowest BCUT2D eigenvalue weighted by Crippen LogP contribution is -2.47. The molecule has 0 saturated heterocycles. The van der Waals surface area contributed by atoms with Crippen LogP contribution in [0.5, 0.6) is 0 Å². The van der Waals surface area contributed by atoms with Gasteiger partial charge < -0.3 is 15.7 Å². The van der Waals surface area contributed by atoms with Gasteiger partial charge in [0.05, 0.1) is 6.61 Å². The van der Waals surface area contributed by atoms with Crippen molar-refractivity contribution in [2.45, 2.75) is 25.7 Å². The molecule has 8 heteroatoms. The molecular formula is C12H13F3N2O3. The molecular weight excluding hydrogens is 277 g/mol. The van der Waals surface area contributed by atoms with E-state index in [9.17, 15) is 22.8 Å². The van der Waals surface area contributed by atoms with Crippen LogP contribution in [0.2, 0.25) is 0 Å². The number of amides is 2. The summed E-state index contributed by atoms with van der Waals surface area (Å²) in [5, 5.41) is 12.7. The molecule has 20 heavy (non-hydrogen) atoms. The Morgan fingerprint density at radius 1 is 1.25 bits per heavy atom. The smallest absolute Gasteiger partial charge is 0.392 e. The number of rotatable bonds is 4. The van der Waals surface area contributed by atoms with Gasteiger partial charge in [-0.2, -0.15) is 13.2 Å².